The van der Waals surface area contributed by atoms with Crippen LogP contribution in [0.4, 0.5) is 11.4 Å². The largest absolute Gasteiger partial charge is 0.381 e. The van der Waals surface area contributed by atoms with Crippen molar-refractivity contribution >= 4 is 32.0 Å². The van der Waals surface area contributed by atoms with Crippen molar-refractivity contribution in [3.8, 4) is 0 Å². The Morgan fingerprint density at radius 3 is 2.67 bits per heavy atom. The van der Waals surface area contributed by atoms with Crippen molar-refractivity contribution < 1.29 is 13.3 Å². The van der Waals surface area contributed by atoms with Gasteiger partial charge < -0.3 is 5.32 Å². The van der Waals surface area contributed by atoms with E-state index < -0.39 is 14.8 Å². The molecule has 0 aliphatic heterocycles. The van der Waals surface area contributed by atoms with Crippen LogP contribution in [0.25, 0.3) is 10.8 Å². The number of non-ortho nitro benzene ring substituents is 1. The number of benzene rings is 1. The molecule has 0 aliphatic rings. The van der Waals surface area contributed by atoms with Crippen LogP contribution in [0.5, 0.6) is 0 Å². The number of aromatic nitrogens is 1. The molecule has 2 rings (SSSR count). The first kappa shape index (κ1) is 15.2. The molecule has 1 atom stereocenters. The van der Waals surface area contributed by atoms with Crippen LogP contribution in [0.2, 0.25) is 0 Å². The number of nitro groups is 1. The lowest BCUT2D eigenvalue weighted by atomic mass is 10.1. The summed E-state index contributed by atoms with van der Waals surface area (Å²) in [6, 6.07) is 4.33. The van der Waals surface area contributed by atoms with Crippen molar-refractivity contribution in [3.63, 3.8) is 0 Å². The van der Waals surface area contributed by atoms with Gasteiger partial charge in [-0.3, -0.25) is 15.1 Å². The van der Waals surface area contributed by atoms with Crippen LogP contribution in [0.15, 0.2) is 30.6 Å². The summed E-state index contributed by atoms with van der Waals surface area (Å²) in [5.41, 5.74) is 0.619. The van der Waals surface area contributed by atoms with Gasteiger partial charge in [-0.1, -0.05) is 0 Å². The predicted molar refractivity (Wildman–Crippen MR) is 81.2 cm³/mol. The molecule has 0 aliphatic carbocycles. The second-order valence-corrected chi connectivity index (χ2v) is 7.13. The number of anilines is 1. The Hall–Kier alpha value is -2.22. The van der Waals surface area contributed by atoms with E-state index in [0.29, 0.717) is 16.5 Å². The molecule has 8 heteroatoms. The standard InChI is InChI=1S/C13H15N3O4S/c1-9(8-21(2,19)20)15-12-3-4-13(16(17)18)11-7-14-6-5-10(11)12/h3-7,9,15H,8H2,1-2H3. The van der Waals surface area contributed by atoms with Crippen molar-refractivity contribution in [2.24, 2.45) is 0 Å². The van der Waals surface area contributed by atoms with E-state index in [1.807, 2.05) is 0 Å². The molecule has 0 bridgehead atoms. The zero-order valence-corrected chi connectivity index (χ0v) is 12.4. The van der Waals surface area contributed by atoms with E-state index in [1.54, 1.807) is 25.3 Å². The highest BCUT2D eigenvalue weighted by Crippen LogP contribution is 2.31. The van der Waals surface area contributed by atoms with Crippen LogP contribution in [-0.4, -0.2) is 36.4 Å². The molecule has 1 aromatic heterocycles. The lowest BCUT2D eigenvalue weighted by molar-refractivity contribution is -0.383. The van der Waals surface area contributed by atoms with Crippen LogP contribution in [-0.2, 0) is 9.84 Å². The summed E-state index contributed by atoms with van der Waals surface area (Å²) in [6.07, 6.45) is 4.14. The Bertz CT molecular complexity index is 789. The number of pyridine rings is 1. The topological polar surface area (TPSA) is 102 Å². The van der Waals surface area contributed by atoms with E-state index in [9.17, 15) is 18.5 Å². The summed E-state index contributed by atoms with van der Waals surface area (Å²) < 4.78 is 22.6. The summed E-state index contributed by atoms with van der Waals surface area (Å²) in [6.45, 7) is 1.75. The van der Waals surface area contributed by atoms with Crippen molar-refractivity contribution in [1.29, 1.82) is 0 Å². The number of hydrogen-bond donors (Lipinski definition) is 1. The summed E-state index contributed by atoms with van der Waals surface area (Å²) in [5, 5.41) is 15.1. The minimum absolute atomic E-state index is 0.0173. The average molecular weight is 309 g/mol. The first-order valence-electron chi connectivity index (χ1n) is 6.23. The number of hydrogen-bond acceptors (Lipinski definition) is 6. The van der Waals surface area contributed by atoms with E-state index in [-0.39, 0.29) is 17.5 Å². The van der Waals surface area contributed by atoms with Gasteiger partial charge in [0.1, 0.15) is 9.84 Å². The summed E-state index contributed by atoms with van der Waals surface area (Å²) >= 11 is 0. The van der Waals surface area contributed by atoms with Crippen molar-refractivity contribution in [2.75, 3.05) is 17.3 Å². The summed E-state index contributed by atoms with van der Waals surface area (Å²) in [7, 11) is -3.10. The van der Waals surface area contributed by atoms with Gasteiger partial charge in [0.05, 0.1) is 16.1 Å². The predicted octanol–water partition coefficient (Wildman–Crippen LogP) is 1.99. The fourth-order valence-corrected chi connectivity index (χ4v) is 3.21. The second-order valence-electron chi connectivity index (χ2n) is 4.95. The Balaban J connectivity index is 2.42. The first-order chi connectivity index (χ1) is 9.78. The monoisotopic (exact) mass is 309 g/mol. The van der Waals surface area contributed by atoms with Crippen LogP contribution >= 0.6 is 0 Å². The third-order valence-electron chi connectivity index (χ3n) is 2.95. The summed E-state index contributed by atoms with van der Waals surface area (Å²) in [4.78, 5) is 14.5. The highest BCUT2D eigenvalue weighted by molar-refractivity contribution is 7.90. The molecular weight excluding hydrogens is 294 g/mol. The molecule has 21 heavy (non-hydrogen) atoms. The third-order valence-corrected chi connectivity index (χ3v) is 4.05. The SMILES string of the molecule is CC(CS(C)(=O)=O)Nc1ccc([N+](=O)[O-])c2cnccc12. The Labute approximate surface area is 122 Å². The van der Waals surface area contributed by atoms with Gasteiger partial charge in [0, 0.05) is 41.8 Å². The summed E-state index contributed by atoms with van der Waals surface area (Å²) in [5.74, 6) is -0.0173. The molecule has 0 saturated heterocycles. The molecule has 1 N–H and O–H groups in total. The zero-order chi connectivity index (χ0) is 15.6. The fourth-order valence-electron chi connectivity index (χ4n) is 2.22. The van der Waals surface area contributed by atoms with Gasteiger partial charge >= 0.3 is 0 Å². The van der Waals surface area contributed by atoms with Gasteiger partial charge in [0.15, 0.2) is 0 Å². The maximum atomic E-state index is 11.3. The third kappa shape index (κ3) is 3.66. The number of sulfone groups is 1. The molecule has 0 amide bonds. The van der Waals surface area contributed by atoms with Crippen molar-refractivity contribution in [1.82, 2.24) is 4.98 Å². The van der Waals surface area contributed by atoms with Gasteiger partial charge in [-0.05, 0) is 19.1 Å². The number of nitro benzene ring substituents is 1. The lowest BCUT2D eigenvalue weighted by Crippen LogP contribution is -2.25. The van der Waals surface area contributed by atoms with E-state index >= 15 is 0 Å². The fraction of sp³-hybridized carbons (Fsp3) is 0.308. The van der Waals surface area contributed by atoms with Gasteiger partial charge in [-0.2, -0.15) is 0 Å². The van der Waals surface area contributed by atoms with E-state index in [2.05, 4.69) is 10.3 Å². The van der Waals surface area contributed by atoms with Gasteiger partial charge in [-0.15, -0.1) is 0 Å². The van der Waals surface area contributed by atoms with Gasteiger partial charge in [0.2, 0.25) is 0 Å². The molecule has 0 spiro atoms. The first-order valence-corrected chi connectivity index (χ1v) is 8.29. The molecule has 1 heterocycles. The minimum Gasteiger partial charge on any atom is -0.381 e. The highest BCUT2D eigenvalue weighted by atomic mass is 32.2. The maximum Gasteiger partial charge on any atom is 0.278 e. The maximum absolute atomic E-state index is 11.3. The number of nitrogens with one attached hydrogen (secondary N) is 1. The van der Waals surface area contributed by atoms with Gasteiger partial charge in [-0.25, -0.2) is 8.42 Å². The van der Waals surface area contributed by atoms with Crippen molar-refractivity contribution in [2.45, 2.75) is 13.0 Å². The van der Waals surface area contributed by atoms with Crippen LogP contribution < -0.4 is 5.32 Å². The van der Waals surface area contributed by atoms with Crippen LogP contribution in [0, 0.1) is 10.1 Å². The number of fused-ring (bicyclic) bond motifs is 1. The zero-order valence-electron chi connectivity index (χ0n) is 11.6. The Morgan fingerprint density at radius 1 is 1.33 bits per heavy atom. The Morgan fingerprint density at radius 2 is 2.05 bits per heavy atom. The normalized spacial score (nSPS) is 13.0. The molecular formula is C13H15N3O4S. The quantitative estimate of drug-likeness (QED) is 0.669. The molecule has 1 aromatic carbocycles. The lowest BCUT2D eigenvalue weighted by Gasteiger charge is -2.16. The van der Waals surface area contributed by atoms with E-state index in [0.717, 1.165) is 0 Å². The second kappa shape index (κ2) is 5.65. The number of nitrogens with zero attached hydrogens (tertiary/aromatic N) is 2. The van der Waals surface area contributed by atoms with E-state index in [4.69, 9.17) is 0 Å². The molecule has 7 nitrogen and oxygen atoms in total. The van der Waals surface area contributed by atoms with E-state index in [1.165, 1.54) is 18.5 Å². The van der Waals surface area contributed by atoms with Crippen molar-refractivity contribution in [3.05, 3.63) is 40.7 Å². The molecule has 2 aromatic rings. The van der Waals surface area contributed by atoms with Crippen LogP contribution in [0.1, 0.15) is 6.92 Å². The number of rotatable bonds is 5. The minimum atomic E-state index is -3.10. The molecule has 112 valence electrons. The van der Waals surface area contributed by atoms with Gasteiger partial charge in [0.25, 0.3) is 5.69 Å². The van der Waals surface area contributed by atoms with Crippen LogP contribution in [0.3, 0.4) is 0 Å². The smallest absolute Gasteiger partial charge is 0.278 e. The molecule has 0 radical (unpaired) electrons. The molecule has 1 unspecified atom stereocenters. The highest BCUT2D eigenvalue weighted by Gasteiger charge is 2.16. The molecule has 0 saturated carbocycles. The average Bonchev–Trinajstić information content (AvgIpc) is 2.36. The Kier molecular flexibility index (Phi) is 4.08. The molecule has 0 fully saturated rings.